The lowest BCUT2D eigenvalue weighted by atomic mass is 10.0. The molecule has 1 unspecified atom stereocenters. The summed E-state index contributed by atoms with van der Waals surface area (Å²) in [6, 6.07) is 16.2. The van der Waals surface area contributed by atoms with Crippen molar-refractivity contribution in [1.82, 2.24) is 9.97 Å². The number of halogens is 1. The molecule has 1 atom stereocenters. The van der Waals surface area contributed by atoms with Gasteiger partial charge in [0.15, 0.2) is 0 Å². The van der Waals surface area contributed by atoms with Crippen LogP contribution in [0.15, 0.2) is 60.8 Å². The second-order valence-corrected chi connectivity index (χ2v) is 8.90. The first-order valence-corrected chi connectivity index (χ1v) is 11.6. The normalized spacial score (nSPS) is 19.7. The first-order chi connectivity index (χ1) is 17.0. The van der Waals surface area contributed by atoms with Gasteiger partial charge in [-0.1, -0.05) is 6.07 Å². The zero-order chi connectivity index (χ0) is 24.0. The van der Waals surface area contributed by atoms with Crippen LogP contribution in [0, 0.1) is 12.7 Å². The summed E-state index contributed by atoms with van der Waals surface area (Å²) in [5.41, 5.74) is 6.09. The number of aliphatic hydroxyl groups is 1. The molecular formula is C27H25FN4O3. The van der Waals surface area contributed by atoms with Gasteiger partial charge >= 0.3 is 0 Å². The molecule has 35 heavy (non-hydrogen) atoms. The summed E-state index contributed by atoms with van der Waals surface area (Å²) in [4.78, 5) is 11.4. The van der Waals surface area contributed by atoms with E-state index in [-0.39, 0.29) is 12.4 Å². The van der Waals surface area contributed by atoms with Gasteiger partial charge in [-0.2, -0.15) is 0 Å². The predicted molar refractivity (Wildman–Crippen MR) is 132 cm³/mol. The number of benzene rings is 2. The molecule has 0 amide bonds. The van der Waals surface area contributed by atoms with Crippen LogP contribution in [0.5, 0.6) is 0 Å². The summed E-state index contributed by atoms with van der Waals surface area (Å²) in [6.07, 6.45) is 1.72. The lowest BCUT2D eigenvalue weighted by Gasteiger charge is -2.30. The topological polar surface area (TPSA) is 83.0 Å². The fourth-order valence-corrected chi connectivity index (χ4v) is 4.54. The van der Waals surface area contributed by atoms with E-state index in [1.807, 2.05) is 37.3 Å². The summed E-state index contributed by atoms with van der Waals surface area (Å²) in [6.45, 7) is 5.08. The number of morpholine rings is 1. The van der Waals surface area contributed by atoms with E-state index in [4.69, 9.17) is 14.5 Å². The van der Waals surface area contributed by atoms with Crippen LogP contribution in [0.4, 0.5) is 21.5 Å². The third kappa shape index (κ3) is 4.20. The van der Waals surface area contributed by atoms with Crippen molar-refractivity contribution in [2.75, 3.05) is 43.1 Å². The molecule has 0 radical (unpaired) electrons. The number of nitrogens with zero attached hydrogens (tertiary/aromatic N) is 3. The highest BCUT2D eigenvalue weighted by Gasteiger charge is 2.45. The molecule has 0 aliphatic carbocycles. The van der Waals surface area contributed by atoms with Crippen molar-refractivity contribution in [1.29, 1.82) is 0 Å². The number of nitrogens with one attached hydrogen (secondary N) is 1. The van der Waals surface area contributed by atoms with Gasteiger partial charge in [-0.25, -0.2) is 9.37 Å². The molecule has 2 fully saturated rings. The molecule has 7 nitrogen and oxygen atoms in total. The second-order valence-electron chi connectivity index (χ2n) is 8.90. The highest BCUT2D eigenvalue weighted by molar-refractivity contribution is 5.97. The molecule has 2 aromatic heterocycles. The standard InChI is InChI=1S/C27H25FN4O3/c1-17-25(22-6-5-19(28)14-24(22)31-26(17)23-4-2-3-7-29-23)30-20-12-18(27(33)16-35-27)13-21(15-20)32-8-10-34-11-9-32/h2-7,12-15,33H,8-11,16H2,1H3,(H,30,31). The van der Waals surface area contributed by atoms with Gasteiger partial charge in [-0.15, -0.1) is 0 Å². The van der Waals surface area contributed by atoms with E-state index >= 15 is 0 Å². The van der Waals surface area contributed by atoms with Crippen molar-refractivity contribution < 1.29 is 19.0 Å². The van der Waals surface area contributed by atoms with Crippen LogP contribution in [0.2, 0.25) is 0 Å². The van der Waals surface area contributed by atoms with E-state index in [1.54, 1.807) is 12.3 Å². The summed E-state index contributed by atoms with van der Waals surface area (Å²) < 4.78 is 25.0. The Balaban J connectivity index is 1.49. The molecule has 0 saturated carbocycles. The van der Waals surface area contributed by atoms with Crippen LogP contribution in [-0.2, 0) is 15.3 Å². The zero-order valence-electron chi connectivity index (χ0n) is 19.3. The minimum absolute atomic E-state index is 0.263. The Kier molecular flexibility index (Phi) is 5.36. The quantitative estimate of drug-likeness (QED) is 0.414. The van der Waals surface area contributed by atoms with Gasteiger partial charge in [0.2, 0.25) is 5.79 Å². The molecule has 2 saturated heterocycles. The second kappa shape index (κ2) is 8.57. The number of ether oxygens (including phenoxy) is 2. The number of rotatable bonds is 5. The molecule has 2 N–H and O–H groups in total. The average molecular weight is 473 g/mol. The Morgan fingerprint density at radius 3 is 2.66 bits per heavy atom. The van der Waals surface area contributed by atoms with E-state index in [2.05, 4.69) is 21.3 Å². The molecule has 6 rings (SSSR count). The molecule has 2 aliphatic heterocycles. The SMILES string of the molecule is Cc1c(-c2ccccn2)nc2cc(F)ccc2c1Nc1cc(N2CCOCC2)cc(C2(O)CO2)c1. The molecule has 8 heteroatoms. The number of aromatic nitrogens is 2. The maximum atomic E-state index is 14.1. The third-order valence-corrected chi connectivity index (χ3v) is 6.53. The average Bonchev–Trinajstić information content (AvgIpc) is 3.65. The lowest BCUT2D eigenvalue weighted by molar-refractivity contribution is 0.0335. The van der Waals surface area contributed by atoms with E-state index in [1.165, 1.54) is 12.1 Å². The minimum atomic E-state index is -1.27. The Labute approximate surface area is 202 Å². The van der Waals surface area contributed by atoms with Gasteiger partial charge in [-0.3, -0.25) is 4.98 Å². The highest BCUT2D eigenvalue weighted by Crippen LogP contribution is 2.41. The molecule has 4 heterocycles. The van der Waals surface area contributed by atoms with Crippen LogP contribution in [0.25, 0.3) is 22.3 Å². The minimum Gasteiger partial charge on any atom is -0.378 e. The third-order valence-electron chi connectivity index (χ3n) is 6.53. The van der Waals surface area contributed by atoms with E-state index in [9.17, 15) is 9.50 Å². The maximum absolute atomic E-state index is 14.1. The fourth-order valence-electron chi connectivity index (χ4n) is 4.54. The fraction of sp³-hybridized carbons (Fsp3) is 0.259. The van der Waals surface area contributed by atoms with E-state index in [0.717, 1.165) is 41.1 Å². The first kappa shape index (κ1) is 21.9. The molecule has 2 aliphatic rings. The first-order valence-electron chi connectivity index (χ1n) is 11.6. The molecule has 178 valence electrons. The number of anilines is 3. The van der Waals surface area contributed by atoms with Crippen molar-refractivity contribution in [2.24, 2.45) is 0 Å². The number of epoxide rings is 1. The Bertz CT molecular complexity index is 1400. The predicted octanol–water partition coefficient (Wildman–Crippen LogP) is 4.50. The number of fused-ring (bicyclic) bond motifs is 1. The maximum Gasteiger partial charge on any atom is 0.217 e. The Morgan fingerprint density at radius 2 is 1.91 bits per heavy atom. The van der Waals surface area contributed by atoms with Crippen molar-refractivity contribution >= 4 is 28.0 Å². The van der Waals surface area contributed by atoms with Gasteiger partial charge in [0.25, 0.3) is 0 Å². The van der Waals surface area contributed by atoms with Gasteiger partial charge in [0.05, 0.1) is 35.8 Å². The molecule has 2 aromatic carbocycles. The van der Waals surface area contributed by atoms with Crippen LogP contribution < -0.4 is 10.2 Å². The number of hydrogen-bond acceptors (Lipinski definition) is 7. The molecule has 0 spiro atoms. The Morgan fingerprint density at radius 1 is 1.09 bits per heavy atom. The summed E-state index contributed by atoms with van der Waals surface area (Å²) in [7, 11) is 0. The van der Waals surface area contributed by atoms with Gasteiger partial charge in [0.1, 0.15) is 12.4 Å². The summed E-state index contributed by atoms with van der Waals surface area (Å²) in [5.74, 6) is -1.62. The zero-order valence-corrected chi connectivity index (χ0v) is 19.3. The molecule has 4 aromatic rings. The lowest BCUT2D eigenvalue weighted by Crippen LogP contribution is -2.36. The smallest absolute Gasteiger partial charge is 0.217 e. The number of hydrogen-bond donors (Lipinski definition) is 2. The van der Waals surface area contributed by atoms with Crippen LogP contribution in [-0.4, -0.2) is 48.0 Å². The number of pyridine rings is 2. The Hall–Kier alpha value is -3.59. The van der Waals surface area contributed by atoms with Crippen molar-refractivity contribution in [3.63, 3.8) is 0 Å². The highest BCUT2D eigenvalue weighted by atomic mass is 19.1. The van der Waals surface area contributed by atoms with Crippen LogP contribution >= 0.6 is 0 Å². The molecular weight excluding hydrogens is 447 g/mol. The summed E-state index contributed by atoms with van der Waals surface area (Å²) in [5, 5.41) is 15.1. The van der Waals surface area contributed by atoms with Gasteiger partial charge in [-0.05, 0) is 49.4 Å². The summed E-state index contributed by atoms with van der Waals surface area (Å²) >= 11 is 0. The van der Waals surface area contributed by atoms with Gasteiger partial charge < -0.3 is 24.8 Å². The molecule has 0 bridgehead atoms. The van der Waals surface area contributed by atoms with Crippen molar-refractivity contribution in [3.8, 4) is 11.4 Å². The van der Waals surface area contributed by atoms with Crippen molar-refractivity contribution in [3.05, 3.63) is 77.7 Å². The largest absolute Gasteiger partial charge is 0.378 e. The van der Waals surface area contributed by atoms with E-state index < -0.39 is 5.79 Å². The van der Waals surface area contributed by atoms with Gasteiger partial charge in [0, 0.05) is 53.2 Å². The van der Waals surface area contributed by atoms with Crippen molar-refractivity contribution in [2.45, 2.75) is 12.7 Å². The van der Waals surface area contributed by atoms with Crippen LogP contribution in [0.1, 0.15) is 11.1 Å². The monoisotopic (exact) mass is 472 g/mol. The van der Waals surface area contributed by atoms with E-state index in [0.29, 0.717) is 35.7 Å². The van der Waals surface area contributed by atoms with Crippen LogP contribution in [0.3, 0.4) is 0 Å².